The van der Waals surface area contributed by atoms with E-state index in [1.165, 1.54) is 0 Å². The SMILES string of the molecule is C[C@H](CCCC(=O)C[C@@H]1CC(=O)[C@H]2CC(=O)[C@H]3CCCC[C@@H]3[C@@H]12)NC(=O)OC(C)(C)C. The number of ether oxygens (including phenoxy) is 1. The largest absolute Gasteiger partial charge is 0.444 e. The van der Waals surface area contributed by atoms with Gasteiger partial charge in [0.05, 0.1) is 0 Å². The minimum absolute atomic E-state index is 0.0626. The predicted octanol–water partition coefficient (Wildman–Crippen LogP) is 4.63. The Kier molecular flexibility index (Phi) is 7.59. The summed E-state index contributed by atoms with van der Waals surface area (Å²) in [5.41, 5.74) is -0.530. The Morgan fingerprint density at radius 3 is 2.45 bits per heavy atom. The zero-order valence-electron chi connectivity index (χ0n) is 19.6. The van der Waals surface area contributed by atoms with Crippen molar-refractivity contribution in [3.8, 4) is 0 Å². The van der Waals surface area contributed by atoms with Gasteiger partial charge in [-0.05, 0) is 71.1 Å². The average molecular weight is 434 g/mol. The first-order valence-electron chi connectivity index (χ1n) is 12.1. The van der Waals surface area contributed by atoms with E-state index in [0.29, 0.717) is 44.4 Å². The number of fused-ring (bicyclic) bond motifs is 3. The van der Waals surface area contributed by atoms with Crippen LogP contribution in [0, 0.1) is 29.6 Å². The number of Topliss-reactive ketones (excluding diaryl/α,β-unsaturated/α-hetero) is 3. The second-order valence-electron chi connectivity index (χ2n) is 11.0. The van der Waals surface area contributed by atoms with Gasteiger partial charge in [0.2, 0.25) is 0 Å². The van der Waals surface area contributed by atoms with E-state index in [1.807, 2.05) is 27.7 Å². The molecule has 0 aliphatic heterocycles. The van der Waals surface area contributed by atoms with Gasteiger partial charge >= 0.3 is 6.09 Å². The number of nitrogens with one attached hydrogen (secondary N) is 1. The minimum atomic E-state index is -0.530. The van der Waals surface area contributed by atoms with E-state index in [2.05, 4.69) is 5.32 Å². The number of amides is 1. The predicted molar refractivity (Wildman–Crippen MR) is 117 cm³/mol. The van der Waals surface area contributed by atoms with Crippen LogP contribution >= 0.6 is 0 Å². The molecule has 0 radical (unpaired) electrons. The molecule has 6 nitrogen and oxygen atoms in total. The molecule has 6 heteroatoms. The van der Waals surface area contributed by atoms with Gasteiger partial charge in [-0.3, -0.25) is 14.4 Å². The third-order valence-corrected chi connectivity index (χ3v) is 7.38. The quantitative estimate of drug-likeness (QED) is 0.632. The zero-order chi connectivity index (χ0) is 22.8. The van der Waals surface area contributed by atoms with Crippen molar-refractivity contribution in [3.63, 3.8) is 0 Å². The molecule has 3 fully saturated rings. The van der Waals surface area contributed by atoms with E-state index in [-0.39, 0.29) is 47.1 Å². The van der Waals surface area contributed by atoms with Gasteiger partial charge in [-0.2, -0.15) is 0 Å². The Morgan fingerprint density at radius 2 is 1.74 bits per heavy atom. The molecule has 6 atom stereocenters. The second-order valence-corrected chi connectivity index (χ2v) is 11.0. The third kappa shape index (κ3) is 6.17. The number of alkyl carbamates (subject to hydrolysis) is 1. The second kappa shape index (κ2) is 9.83. The zero-order valence-corrected chi connectivity index (χ0v) is 19.6. The van der Waals surface area contributed by atoms with Gasteiger partial charge in [-0.25, -0.2) is 4.79 Å². The van der Waals surface area contributed by atoms with Crippen LogP contribution in [0.1, 0.15) is 91.9 Å². The molecule has 3 aliphatic carbocycles. The lowest BCUT2D eigenvalue weighted by molar-refractivity contribution is -0.137. The van der Waals surface area contributed by atoms with Crippen molar-refractivity contribution in [2.45, 2.75) is 104 Å². The first-order chi connectivity index (χ1) is 14.5. The molecule has 0 saturated heterocycles. The summed E-state index contributed by atoms with van der Waals surface area (Å²) in [6, 6.07) is -0.0626. The topological polar surface area (TPSA) is 89.5 Å². The fourth-order valence-corrected chi connectivity index (χ4v) is 6.16. The Labute approximate surface area is 186 Å². The van der Waals surface area contributed by atoms with Crippen LogP contribution in [0.5, 0.6) is 0 Å². The van der Waals surface area contributed by atoms with Crippen molar-refractivity contribution in [3.05, 3.63) is 0 Å². The summed E-state index contributed by atoms with van der Waals surface area (Å²) < 4.78 is 5.26. The van der Waals surface area contributed by atoms with Gasteiger partial charge in [0, 0.05) is 43.6 Å². The molecule has 1 N–H and O–H groups in total. The van der Waals surface area contributed by atoms with E-state index in [1.54, 1.807) is 0 Å². The normalized spacial score (nSPS) is 31.5. The van der Waals surface area contributed by atoms with Crippen LogP contribution in [0.4, 0.5) is 4.79 Å². The van der Waals surface area contributed by atoms with E-state index in [9.17, 15) is 19.2 Å². The first-order valence-corrected chi connectivity index (χ1v) is 12.1. The number of hydrogen-bond donors (Lipinski definition) is 1. The average Bonchev–Trinajstić information content (AvgIpc) is 2.95. The maximum atomic E-state index is 12.7. The Bertz CT molecular complexity index is 709. The van der Waals surface area contributed by atoms with E-state index < -0.39 is 11.7 Å². The molecular weight excluding hydrogens is 394 g/mol. The van der Waals surface area contributed by atoms with Crippen LogP contribution in [0.2, 0.25) is 0 Å². The number of hydrogen-bond acceptors (Lipinski definition) is 5. The van der Waals surface area contributed by atoms with Crippen LogP contribution in [-0.4, -0.2) is 35.1 Å². The highest BCUT2D eigenvalue weighted by molar-refractivity contribution is 5.93. The van der Waals surface area contributed by atoms with Crippen molar-refractivity contribution in [2.75, 3.05) is 0 Å². The molecule has 174 valence electrons. The van der Waals surface area contributed by atoms with Crippen molar-refractivity contribution in [1.82, 2.24) is 5.32 Å². The van der Waals surface area contributed by atoms with Crippen LogP contribution in [0.25, 0.3) is 0 Å². The highest BCUT2D eigenvalue weighted by Crippen LogP contribution is 2.53. The van der Waals surface area contributed by atoms with Gasteiger partial charge < -0.3 is 10.1 Å². The molecule has 31 heavy (non-hydrogen) atoms. The standard InChI is InChI=1S/C25H39NO5/c1-15(26-24(30)31-25(2,3)4)8-7-9-17(27)12-16-13-21(28)20-14-22(29)18-10-5-6-11-19(18)23(16)20/h15-16,18-20,23H,5-14H2,1-4H3,(H,26,30)/t15-,16-,18+,19+,20-,23-/m1/s1. The fraction of sp³-hybridized carbons (Fsp3) is 0.840. The summed E-state index contributed by atoms with van der Waals surface area (Å²) in [5, 5.41) is 2.81. The number of ketones is 3. The highest BCUT2D eigenvalue weighted by atomic mass is 16.6. The van der Waals surface area contributed by atoms with Gasteiger partial charge in [-0.1, -0.05) is 12.8 Å². The van der Waals surface area contributed by atoms with Crippen LogP contribution in [-0.2, 0) is 19.1 Å². The minimum Gasteiger partial charge on any atom is -0.444 e. The van der Waals surface area contributed by atoms with Crippen LogP contribution in [0.15, 0.2) is 0 Å². The summed E-state index contributed by atoms with van der Waals surface area (Å²) in [5.74, 6) is 1.33. The molecule has 0 bridgehead atoms. The first kappa shape index (κ1) is 23.9. The maximum absolute atomic E-state index is 12.7. The third-order valence-electron chi connectivity index (χ3n) is 7.38. The molecule has 0 unspecified atom stereocenters. The van der Waals surface area contributed by atoms with Crippen molar-refractivity contribution < 1.29 is 23.9 Å². The molecule has 0 aromatic heterocycles. The van der Waals surface area contributed by atoms with E-state index in [4.69, 9.17) is 4.74 Å². The molecule has 3 rings (SSSR count). The fourth-order valence-electron chi connectivity index (χ4n) is 6.16. The van der Waals surface area contributed by atoms with Crippen molar-refractivity contribution in [1.29, 1.82) is 0 Å². The Balaban J connectivity index is 1.46. The molecule has 0 aromatic rings. The van der Waals surface area contributed by atoms with Crippen molar-refractivity contribution in [2.24, 2.45) is 29.6 Å². The lowest BCUT2D eigenvalue weighted by Crippen LogP contribution is -2.43. The summed E-state index contributed by atoms with van der Waals surface area (Å²) >= 11 is 0. The lowest BCUT2D eigenvalue weighted by atomic mass is 9.59. The summed E-state index contributed by atoms with van der Waals surface area (Å²) in [7, 11) is 0. The van der Waals surface area contributed by atoms with Gasteiger partial charge in [0.1, 0.15) is 23.0 Å². The lowest BCUT2D eigenvalue weighted by Gasteiger charge is -2.43. The molecule has 3 aliphatic rings. The highest BCUT2D eigenvalue weighted by Gasteiger charge is 2.53. The van der Waals surface area contributed by atoms with Crippen molar-refractivity contribution >= 4 is 23.4 Å². The van der Waals surface area contributed by atoms with Crippen LogP contribution in [0.3, 0.4) is 0 Å². The van der Waals surface area contributed by atoms with Crippen LogP contribution < -0.4 is 5.32 Å². The molecule has 0 aromatic carbocycles. The Hall–Kier alpha value is -1.72. The van der Waals surface area contributed by atoms with Gasteiger partial charge in [-0.15, -0.1) is 0 Å². The summed E-state index contributed by atoms with van der Waals surface area (Å²) in [4.78, 5) is 49.7. The smallest absolute Gasteiger partial charge is 0.407 e. The molecule has 3 saturated carbocycles. The monoisotopic (exact) mass is 433 g/mol. The van der Waals surface area contributed by atoms with E-state index >= 15 is 0 Å². The molecular formula is C25H39NO5. The molecule has 0 heterocycles. The number of rotatable bonds is 7. The maximum Gasteiger partial charge on any atom is 0.407 e. The van der Waals surface area contributed by atoms with E-state index in [0.717, 1.165) is 25.7 Å². The number of carbonyl (C=O) groups is 4. The number of carbonyl (C=O) groups excluding carboxylic acids is 4. The molecule has 1 amide bonds. The molecule has 0 spiro atoms. The summed E-state index contributed by atoms with van der Waals surface area (Å²) in [6.45, 7) is 7.39. The van der Waals surface area contributed by atoms with Gasteiger partial charge in [0.15, 0.2) is 0 Å². The van der Waals surface area contributed by atoms with Gasteiger partial charge in [0.25, 0.3) is 0 Å². The Morgan fingerprint density at radius 1 is 1.06 bits per heavy atom. The summed E-state index contributed by atoms with van der Waals surface area (Å²) in [6.07, 6.45) is 7.01.